The highest BCUT2D eigenvalue weighted by atomic mass is 16.5. The predicted octanol–water partition coefficient (Wildman–Crippen LogP) is 0.974. The number of pyridine rings is 1. The van der Waals surface area contributed by atoms with E-state index in [1.54, 1.807) is 18.3 Å². The van der Waals surface area contributed by atoms with Crippen LogP contribution in [-0.2, 0) is 0 Å². The van der Waals surface area contributed by atoms with E-state index in [0.717, 1.165) is 0 Å². The van der Waals surface area contributed by atoms with Gasteiger partial charge in [-0.3, -0.25) is 0 Å². The molecule has 0 aliphatic rings. The molecule has 0 unspecified atom stereocenters. The Balaban J connectivity index is 2.31. The number of hydrogen-bond donors (Lipinski definition) is 1. The maximum Gasteiger partial charge on any atom is 0.338 e. The molecule has 1 N–H and O–H groups in total. The third-order valence-electron chi connectivity index (χ3n) is 2.02. The van der Waals surface area contributed by atoms with E-state index in [2.05, 4.69) is 10.1 Å². The summed E-state index contributed by atoms with van der Waals surface area (Å²) in [4.78, 5) is 14.7. The van der Waals surface area contributed by atoms with Gasteiger partial charge in [-0.1, -0.05) is 0 Å². The van der Waals surface area contributed by atoms with E-state index in [-0.39, 0.29) is 5.56 Å². The van der Waals surface area contributed by atoms with Gasteiger partial charge in [-0.05, 0) is 6.07 Å². The molecular formula is C10H9N3O3. The van der Waals surface area contributed by atoms with Crippen molar-refractivity contribution < 1.29 is 14.6 Å². The number of methoxy groups -OCH3 is 1. The lowest BCUT2D eigenvalue weighted by atomic mass is 10.4. The van der Waals surface area contributed by atoms with Crippen LogP contribution in [0.5, 0.6) is 5.88 Å². The number of aromatic carboxylic acids is 1. The van der Waals surface area contributed by atoms with Gasteiger partial charge >= 0.3 is 5.97 Å². The van der Waals surface area contributed by atoms with Crippen LogP contribution in [0.2, 0.25) is 0 Å². The van der Waals surface area contributed by atoms with Crippen molar-refractivity contribution in [2.45, 2.75) is 0 Å². The number of nitrogens with zero attached hydrogens (tertiary/aromatic N) is 3. The topological polar surface area (TPSA) is 77.2 Å². The zero-order valence-electron chi connectivity index (χ0n) is 8.49. The lowest BCUT2D eigenvalue weighted by molar-refractivity contribution is 0.0697. The molecule has 0 amide bonds. The van der Waals surface area contributed by atoms with Crippen LogP contribution in [0.4, 0.5) is 0 Å². The highest BCUT2D eigenvalue weighted by Gasteiger charge is 2.07. The maximum atomic E-state index is 10.7. The monoisotopic (exact) mass is 219 g/mol. The molecule has 2 aromatic rings. The zero-order chi connectivity index (χ0) is 11.5. The summed E-state index contributed by atoms with van der Waals surface area (Å²) in [7, 11) is 1.53. The van der Waals surface area contributed by atoms with Gasteiger partial charge in [0.25, 0.3) is 0 Å². The molecular weight excluding hydrogens is 210 g/mol. The average molecular weight is 219 g/mol. The standard InChI is InChI=1S/C10H9N3O3/c1-16-9-3-2-8(5-11-9)13-6-7(4-12-13)10(14)15/h2-6H,1H3,(H,14,15). The van der Waals surface area contributed by atoms with Crippen LogP contribution in [0.15, 0.2) is 30.7 Å². The first-order valence-corrected chi connectivity index (χ1v) is 4.49. The van der Waals surface area contributed by atoms with Crippen molar-refractivity contribution in [3.8, 4) is 11.6 Å². The molecule has 0 saturated heterocycles. The van der Waals surface area contributed by atoms with E-state index < -0.39 is 5.97 Å². The zero-order valence-corrected chi connectivity index (χ0v) is 8.49. The number of carboxylic acids is 1. The minimum Gasteiger partial charge on any atom is -0.481 e. The van der Waals surface area contributed by atoms with E-state index in [0.29, 0.717) is 11.6 Å². The minimum absolute atomic E-state index is 0.135. The smallest absolute Gasteiger partial charge is 0.338 e. The van der Waals surface area contributed by atoms with Crippen molar-refractivity contribution in [1.82, 2.24) is 14.8 Å². The summed E-state index contributed by atoms with van der Waals surface area (Å²) >= 11 is 0. The molecule has 0 saturated carbocycles. The van der Waals surface area contributed by atoms with E-state index in [1.807, 2.05) is 0 Å². The molecule has 16 heavy (non-hydrogen) atoms. The molecule has 0 aliphatic heterocycles. The van der Waals surface area contributed by atoms with Gasteiger partial charge in [-0.2, -0.15) is 5.10 Å². The number of aromatic nitrogens is 3. The van der Waals surface area contributed by atoms with Crippen LogP contribution in [0.3, 0.4) is 0 Å². The summed E-state index contributed by atoms with van der Waals surface area (Å²) in [6, 6.07) is 3.42. The Bertz CT molecular complexity index is 504. The fraction of sp³-hybridized carbons (Fsp3) is 0.100. The first kappa shape index (κ1) is 10.2. The third kappa shape index (κ3) is 1.85. The van der Waals surface area contributed by atoms with Gasteiger partial charge in [0, 0.05) is 12.3 Å². The summed E-state index contributed by atoms with van der Waals surface area (Å²) in [5.41, 5.74) is 0.809. The quantitative estimate of drug-likeness (QED) is 0.832. The van der Waals surface area contributed by atoms with E-state index >= 15 is 0 Å². The molecule has 82 valence electrons. The Morgan fingerprint density at radius 1 is 1.44 bits per heavy atom. The summed E-state index contributed by atoms with van der Waals surface area (Å²) in [6.07, 6.45) is 4.26. The Labute approximate surface area is 91.1 Å². The van der Waals surface area contributed by atoms with Crippen LogP contribution in [0.1, 0.15) is 10.4 Å². The normalized spacial score (nSPS) is 10.1. The lowest BCUT2D eigenvalue weighted by Gasteiger charge is -2.01. The average Bonchev–Trinajstić information content (AvgIpc) is 2.78. The molecule has 0 radical (unpaired) electrons. The Kier molecular flexibility index (Phi) is 2.55. The second kappa shape index (κ2) is 4.01. The molecule has 0 aromatic carbocycles. The Hall–Kier alpha value is -2.37. The molecule has 0 fully saturated rings. The predicted molar refractivity (Wildman–Crippen MR) is 54.9 cm³/mol. The Morgan fingerprint density at radius 2 is 2.25 bits per heavy atom. The number of ether oxygens (including phenoxy) is 1. The van der Waals surface area contributed by atoms with Crippen molar-refractivity contribution in [3.63, 3.8) is 0 Å². The second-order valence-electron chi connectivity index (χ2n) is 3.04. The highest BCUT2D eigenvalue weighted by molar-refractivity contribution is 5.86. The highest BCUT2D eigenvalue weighted by Crippen LogP contribution is 2.11. The maximum absolute atomic E-state index is 10.7. The van der Waals surface area contributed by atoms with Crippen LogP contribution >= 0.6 is 0 Å². The van der Waals surface area contributed by atoms with Gasteiger partial charge in [-0.25, -0.2) is 14.5 Å². The number of hydrogen-bond acceptors (Lipinski definition) is 4. The van der Waals surface area contributed by atoms with E-state index in [1.165, 1.54) is 24.2 Å². The molecule has 6 nitrogen and oxygen atoms in total. The first-order chi connectivity index (χ1) is 7.70. The van der Waals surface area contributed by atoms with Crippen molar-refractivity contribution in [3.05, 3.63) is 36.3 Å². The number of carboxylic acid groups (broad SMARTS) is 1. The second-order valence-corrected chi connectivity index (χ2v) is 3.04. The van der Waals surface area contributed by atoms with Gasteiger partial charge in [0.2, 0.25) is 5.88 Å². The van der Waals surface area contributed by atoms with E-state index in [4.69, 9.17) is 9.84 Å². The van der Waals surface area contributed by atoms with Gasteiger partial charge in [0.1, 0.15) is 0 Å². The van der Waals surface area contributed by atoms with Gasteiger partial charge < -0.3 is 9.84 Å². The van der Waals surface area contributed by atoms with Crippen LogP contribution in [0.25, 0.3) is 5.69 Å². The molecule has 0 bridgehead atoms. The fourth-order valence-corrected chi connectivity index (χ4v) is 1.20. The SMILES string of the molecule is COc1ccc(-n2cc(C(=O)O)cn2)cn1. The van der Waals surface area contributed by atoms with Crippen molar-refractivity contribution in [2.75, 3.05) is 7.11 Å². The summed E-state index contributed by atoms with van der Waals surface area (Å²) < 4.78 is 6.35. The summed E-state index contributed by atoms with van der Waals surface area (Å²) in [5.74, 6) is -0.512. The number of rotatable bonds is 3. The van der Waals surface area contributed by atoms with Crippen molar-refractivity contribution in [1.29, 1.82) is 0 Å². The fourth-order valence-electron chi connectivity index (χ4n) is 1.20. The number of carbonyl (C=O) groups is 1. The molecule has 2 aromatic heterocycles. The molecule has 6 heteroatoms. The largest absolute Gasteiger partial charge is 0.481 e. The molecule has 0 spiro atoms. The van der Waals surface area contributed by atoms with Gasteiger partial charge in [0.05, 0.1) is 30.8 Å². The Morgan fingerprint density at radius 3 is 2.75 bits per heavy atom. The van der Waals surface area contributed by atoms with Gasteiger partial charge in [-0.15, -0.1) is 0 Å². The van der Waals surface area contributed by atoms with Crippen LogP contribution < -0.4 is 4.74 Å². The lowest BCUT2D eigenvalue weighted by Crippen LogP contribution is -1.97. The minimum atomic E-state index is -1.01. The summed E-state index contributed by atoms with van der Waals surface area (Å²) in [5, 5.41) is 12.7. The molecule has 0 aliphatic carbocycles. The van der Waals surface area contributed by atoms with Gasteiger partial charge in [0.15, 0.2) is 0 Å². The van der Waals surface area contributed by atoms with Crippen LogP contribution in [-0.4, -0.2) is 33.0 Å². The molecule has 0 atom stereocenters. The van der Waals surface area contributed by atoms with Crippen LogP contribution in [0, 0.1) is 0 Å². The van der Waals surface area contributed by atoms with E-state index in [9.17, 15) is 4.79 Å². The third-order valence-corrected chi connectivity index (χ3v) is 2.02. The summed E-state index contributed by atoms with van der Waals surface area (Å²) in [6.45, 7) is 0. The molecule has 2 heterocycles. The van der Waals surface area contributed by atoms with Crippen molar-refractivity contribution >= 4 is 5.97 Å². The first-order valence-electron chi connectivity index (χ1n) is 4.49. The molecule has 2 rings (SSSR count). The van der Waals surface area contributed by atoms with Crippen molar-refractivity contribution in [2.24, 2.45) is 0 Å².